The Morgan fingerprint density at radius 1 is 1.43 bits per heavy atom. The van der Waals surface area contributed by atoms with Crippen molar-refractivity contribution in [2.24, 2.45) is 0 Å². The predicted molar refractivity (Wildman–Crippen MR) is 76.0 cm³/mol. The molecule has 2 heterocycles. The molecular weight excluding hydrogens is 343 g/mol. The molecule has 0 saturated heterocycles. The summed E-state index contributed by atoms with van der Waals surface area (Å²) in [5.74, 6) is -0.879. The zero-order chi connectivity index (χ0) is 15.6. The molecule has 0 amide bonds. The molecule has 112 valence electrons. The van der Waals surface area contributed by atoms with Crippen molar-refractivity contribution < 1.29 is 18.8 Å². The van der Waals surface area contributed by atoms with Crippen molar-refractivity contribution in [2.45, 2.75) is 10.3 Å². The number of rotatable bonds is 4. The van der Waals surface area contributed by atoms with Crippen LogP contribution in [0.25, 0.3) is 0 Å². The quantitative estimate of drug-likeness (QED) is 0.481. The topological polar surface area (TPSA) is 74.3 Å². The third-order valence-corrected chi connectivity index (χ3v) is 3.14. The Balaban J connectivity index is 2.40. The summed E-state index contributed by atoms with van der Waals surface area (Å²) in [4.78, 5) is 23.7. The number of carbonyl (C=O) groups is 2. The van der Waals surface area contributed by atoms with Gasteiger partial charge in [0.15, 0.2) is 5.76 Å². The van der Waals surface area contributed by atoms with Crippen LogP contribution in [-0.2, 0) is 11.3 Å². The number of aromatic nitrogens is 2. The second-order valence-corrected chi connectivity index (χ2v) is 6.32. The molecule has 0 radical (unpaired) electrons. The van der Waals surface area contributed by atoms with Gasteiger partial charge in [-0.1, -0.05) is 40.0 Å². The van der Waals surface area contributed by atoms with Crippen molar-refractivity contribution in [3.63, 3.8) is 0 Å². The summed E-state index contributed by atoms with van der Waals surface area (Å²) >= 11 is 16.7. The molecule has 0 aliphatic carbocycles. The monoisotopic (exact) mass is 350 g/mol. The lowest BCUT2D eigenvalue weighted by Gasteiger charge is -2.06. The highest BCUT2D eigenvalue weighted by molar-refractivity contribution is 6.77. The Morgan fingerprint density at radius 2 is 2.14 bits per heavy atom. The van der Waals surface area contributed by atoms with Gasteiger partial charge in [-0.3, -0.25) is 4.79 Å². The number of hydrogen-bond acceptors (Lipinski definition) is 5. The molecule has 0 N–H and O–H groups in total. The van der Waals surface area contributed by atoms with E-state index in [2.05, 4.69) is 9.89 Å². The van der Waals surface area contributed by atoms with Crippen LogP contribution in [0.1, 0.15) is 26.6 Å². The predicted octanol–water partition coefficient (Wildman–Crippen LogP) is 2.86. The van der Waals surface area contributed by atoms with Crippen LogP contribution >= 0.6 is 34.8 Å². The molecule has 0 atom stereocenters. The van der Waals surface area contributed by atoms with Gasteiger partial charge < -0.3 is 13.8 Å². The second-order valence-electron chi connectivity index (χ2n) is 4.04. The summed E-state index contributed by atoms with van der Waals surface area (Å²) < 4.78 is 8.96. The number of ether oxygens (including phenoxy) is 1. The minimum absolute atomic E-state index is 0.0786. The smallest absolute Gasteiger partial charge is 0.354 e. The van der Waals surface area contributed by atoms with Crippen LogP contribution in [0.5, 0.6) is 0 Å². The number of ketones is 1. The molecule has 2 aromatic rings. The molecule has 2 aromatic heterocycles. The summed E-state index contributed by atoms with van der Waals surface area (Å²) in [5, 5.41) is 3.56. The summed E-state index contributed by atoms with van der Waals surface area (Å²) in [6, 6.07) is 2.92. The van der Waals surface area contributed by atoms with Gasteiger partial charge in [0, 0.05) is 17.8 Å². The number of nitrogens with zero attached hydrogens (tertiary/aromatic N) is 2. The summed E-state index contributed by atoms with van der Waals surface area (Å²) in [7, 11) is 1.23. The lowest BCUT2D eigenvalue weighted by Crippen LogP contribution is -2.18. The van der Waals surface area contributed by atoms with E-state index in [1.54, 1.807) is 6.07 Å². The molecule has 6 nitrogen and oxygen atoms in total. The summed E-state index contributed by atoms with van der Waals surface area (Å²) in [5.41, 5.74) is 0.210. The van der Waals surface area contributed by atoms with Gasteiger partial charge in [-0.05, 0) is 6.07 Å². The molecule has 21 heavy (non-hydrogen) atoms. The molecule has 2 rings (SSSR count). The lowest BCUT2D eigenvalue weighted by atomic mass is 10.2. The van der Waals surface area contributed by atoms with E-state index >= 15 is 0 Å². The molecule has 0 aliphatic rings. The normalized spacial score (nSPS) is 11.4. The molecule has 9 heteroatoms. The Morgan fingerprint density at radius 3 is 2.67 bits per heavy atom. The molecule has 0 saturated carbocycles. The van der Waals surface area contributed by atoms with Crippen molar-refractivity contribution in [1.29, 1.82) is 0 Å². The van der Waals surface area contributed by atoms with Gasteiger partial charge in [0.05, 0.1) is 19.9 Å². The second kappa shape index (κ2) is 6.09. The van der Waals surface area contributed by atoms with E-state index in [0.29, 0.717) is 5.76 Å². The van der Waals surface area contributed by atoms with E-state index in [9.17, 15) is 9.59 Å². The zero-order valence-electron chi connectivity index (χ0n) is 10.7. The Kier molecular flexibility index (Phi) is 4.61. The van der Waals surface area contributed by atoms with Crippen LogP contribution in [0.3, 0.4) is 0 Å². The van der Waals surface area contributed by atoms with Crippen LogP contribution in [0.15, 0.2) is 29.0 Å². The van der Waals surface area contributed by atoms with Crippen LogP contribution in [0, 0.1) is 0 Å². The van der Waals surface area contributed by atoms with E-state index in [1.165, 1.54) is 30.1 Å². The molecule has 0 fully saturated rings. The zero-order valence-corrected chi connectivity index (χ0v) is 12.9. The largest absolute Gasteiger partial charge is 0.464 e. The Hall–Kier alpha value is -1.50. The highest BCUT2D eigenvalue weighted by Crippen LogP contribution is 2.31. The van der Waals surface area contributed by atoms with Gasteiger partial charge in [-0.2, -0.15) is 0 Å². The van der Waals surface area contributed by atoms with Gasteiger partial charge in [0.2, 0.25) is 5.78 Å². The maximum atomic E-state index is 11.9. The fourth-order valence-corrected chi connectivity index (χ4v) is 2.02. The van der Waals surface area contributed by atoms with Crippen LogP contribution in [-0.4, -0.2) is 32.4 Å². The average Bonchev–Trinajstić information content (AvgIpc) is 3.06. The molecule has 0 aromatic carbocycles. The standard InChI is InChI=1S/C12H9Cl3N2O4/c1-20-11(19)9-4-7(10(18)12(13,14)15)5-17(9)6-8-2-3-16-21-8/h2-5H,6H2,1H3. The maximum Gasteiger partial charge on any atom is 0.354 e. The van der Waals surface area contributed by atoms with Crippen molar-refractivity contribution in [2.75, 3.05) is 7.11 Å². The fraction of sp³-hybridized carbons (Fsp3) is 0.250. The van der Waals surface area contributed by atoms with E-state index in [4.69, 9.17) is 39.3 Å². The molecular formula is C12H9Cl3N2O4. The highest BCUT2D eigenvalue weighted by atomic mass is 35.6. The minimum atomic E-state index is -2.11. The first-order valence-electron chi connectivity index (χ1n) is 5.62. The summed E-state index contributed by atoms with van der Waals surface area (Å²) in [6.45, 7) is 0.178. The first-order valence-corrected chi connectivity index (χ1v) is 6.76. The number of alkyl halides is 3. The Bertz CT molecular complexity index is 659. The highest BCUT2D eigenvalue weighted by Gasteiger charge is 2.33. The van der Waals surface area contributed by atoms with Gasteiger partial charge in [0.25, 0.3) is 3.79 Å². The average molecular weight is 352 g/mol. The van der Waals surface area contributed by atoms with Crippen molar-refractivity contribution >= 4 is 46.6 Å². The number of hydrogen-bond donors (Lipinski definition) is 0. The van der Waals surface area contributed by atoms with Gasteiger partial charge in [-0.15, -0.1) is 0 Å². The fourth-order valence-electron chi connectivity index (χ4n) is 1.70. The minimum Gasteiger partial charge on any atom is -0.464 e. The van der Waals surface area contributed by atoms with E-state index < -0.39 is 15.5 Å². The van der Waals surface area contributed by atoms with Gasteiger partial charge in [-0.25, -0.2) is 4.79 Å². The van der Waals surface area contributed by atoms with Gasteiger partial charge >= 0.3 is 5.97 Å². The third-order valence-electron chi connectivity index (χ3n) is 2.63. The number of methoxy groups -OCH3 is 1. The van der Waals surface area contributed by atoms with Crippen molar-refractivity contribution in [3.8, 4) is 0 Å². The van der Waals surface area contributed by atoms with E-state index in [0.717, 1.165) is 0 Å². The number of halogens is 3. The first kappa shape index (κ1) is 15.9. The van der Waals surface area contributed by atoms with Crippen LogP contribution in [0.2, 0.25) is 0 Å². The summed E-state index contributed by atoms with van der Waals surface area (Å²) in [6.07, 6.45) is 2.85. The van der Waals surface area contributed by atoms with Crippen molar-refractivity contribution in [1.82, 2.24) is 9.72 Å². The third kappa shape index (κ3) is 3.58. The van der Waals surface area contributed by atoms with Crippen LogP contribution in [0.4, 0.5) is 0 Å². The molecule has 0 aliphatic heterocycles. The SMILES string of the molecule is COC(=O)c1cc(C(=O)C(Cl)(Cl)Cl)cn1Cc1ccno1. The van der Waals surface area contributed by atoms with E-state index in [1.807, 2.05) is 0 Å². The number of esters is 1. The van der Waals surface area contributed by atoms with Crippen LogP contribution < -0.4 is 0 Å². The lowest BCUT2D eigenvalue weighted by molar-refractivity contribution is 0.0588. The Labute approximate surface area is 134 Å². The molecule has 0 bridgehead atoms. The number of carbonyl (C=O) groups excluding carboxylic acids is 2. The first-order chi connectivity index (χ1) is 9.82. The molecule has 0 unspecified atom stereocenters. The van der Waals surface area contributed by atoms with Crippen molar-refractivity contribution in [3.05, 3.63) is 41.5 Å². The maximum absolute atomic E-state index is 11.9. The molecule has 0 spiro atoms. The number of Topliss-reactive ketones (excluding diaryl/α,β-unsaturated/α-hetero) is 1. The van der Waals surface area contributed by atoms with E-state index in [-0.39, 0.29) is 17.8 Å². The van der Waals surface area contributed by atoms with Gasteiger partial charge in [0.1, 0.15) is 5.69 Å².